The van der Waals surface area contributed by atoms with E-state index in [-0.39, 0.29) is 17.3 Å². The molecule has 1 N–H and O–H groups in total. The molecule has 7 nitrogen and oxygen atoms in total. The van der Waals surface area contributed by atoms with Crippen molar-refractivity contribution in [2.75, 3.05) is 20.8 Å². The fourth-order valence-electron chi connectivity index (χ4n) is 3.49. The van der Waals surface area contributed by atoms with Crippen molar-refractivity contribution in [2.24, 2.45) is 0 Å². The number of hydrogen-bond acceptors (Lipinski definition) is 5. The van der Waals surface area contributed by atoms with Gasteiger partial charge >= 0.3 is 0 Å². The zero-order chi connectivity index (χ0) is 21.7. The number of sulfonamides is 1. The molecule has 0 aromatic heterocycles. The van der Waals surface area contributed by atoms with Crippen LogP contribution in [0.15, 0.2) is 51.8 Å². The lowest BCUT2D eigenvalue weighted by molar-refractivity contribution is -0.125. The minimum atomic E-state index is -3.76. The molecular formula is C21H25BrN2O5S. The average molecular weight is 497 g/mol. The minimum absolute atomic E-state index is 0.185. The highest BCUT2D eigenvalue weighted by Crippen LogP contribution is 2.28. The van der Waals surface area contributed by atoms with Gasteiger partial charge < -0.3 is 14.8 Å². The summed E-state index contributed by atoms with van der Waals surface area (Å²) in [6, 6.07) is 11.1. The summed E-state index contributed by atoms with van der Waals surface area (Å²) >= 11 is 3.32. The summed E-state index contributed by atoms with van der Waals surface area (Å²) in [7, 11) is -0.653. The summed E-state index contributed by atoms with van der Waals surface area (Å²) in [5.74, 6) is 0.873. The van der Waals surface area contributed by atoms with Crippen LogP contribution in [-0.4, -0.2) is 45.4 Å². The molecule has 1 aliphatic rings. The van der Waals surface area contributed by atoms with Crippen molar-refractivity contribution in [1.82, 2.24) is 9.62 Å². The predicted molar refractivity (Wildman–Crippen MR) is 117 cm³/mol. The maximum Gasteiger partial charge on any atom is 0.243 e. The van der Waals surface area contributed by atoms with Gasteiger partial charge in [-0.3, -0.25) is 4.79 Å². The zero-order valence-electron chi connectivity index (χ0n) is 16.9. The van der Waals surface area contributed by atoms with Crippen molar-refractivity contribution < 1.29 is 22.7 Å². The van der Waals surface area contributed by atoms with E-state index in [0.29, 0.717) is 24.5 Å². The van der Waals surface area contributed by atoms with Crippen LogP contribution >= 0.6 is 15.9 Å². The summed E-state index contributed by atoms with van der Waals surface area (Å²) in [5.41, 5.74) is 0.833. The number of amides is 1. The second-order valence-electron chi connectivity index (χ2n) is 6.99. The van der Waals surface area contributed by atoms with E-state index in [1.807, 2.05) is 6.07 Å². The van der Waals surface area contributed by atoms with Gasteiger partial charge in [-0.15, -0.1) is 0 Å². The second-order valence-corrected chi connectivity index (χ2v) is 9.79. The molecule has 1 unspecified atom stereocenters. The first kappa shape index (κ1) is 22.6. The van der Waals surface area contributed by atoms with Gasteiger partial charge in [-0.2, -0.15) is 4.31 Å². The predicted octanol–water partition coefficient (Wildman–Crippen LogP) is 3.33. The van der Waals surface area contributed by atoms with Crippen molar-refractivity contribution in [2.45, 2.75) is 36.7 Å². The second kappa shape index (κ2) is 9.80. The molecule has 0 radical (unpaired) electrons. The number of hydrogen-bond donors (Lipinski definition) is 1. The number of piperidine rings is 1. The number of ether oxygens (including phenoxy) is 2. The summed E-state index contributed by atoms with van der Waals surface area (Å²) in [6.45, 7) is 0.592. The SMILES string of the molecule is COc1ccc(CNC(=O)C2CCCCN2S(=O)(=O)c2ccc(Br)cc2)cc1OC. The molecule has 2 aromatic carbocycles. The fraction of sp³-hybridized carbons (Fsp3) is 0.381. The highest BCUT2D eigenvalue weighted by molar-refractivity contribution is 9.10. The Balaban J connectivity index is 1.74. The van der Waals surface area contributed by atoms with Gasteiger partial charge in [0.25, 0.3) is 0 Å². The van der Waals surface area contributed by atoms with E-state index >= 15 is 0 Å². The maximum absolute atomic E-state index is 13.1. The van der Waals surface area contributed by atoms with E-state index < -0.39 is 16.1 Å². The normalized spacial score (nSPS) is 17.4. The van der Waals surface area contributed by atoms with Gasteiger partial charge in [0.05, 0.1) is 19.1 Å². The highest BCUT2D eigenvalue weighted by Gasteiger charge is 2.37. The molecule has 1 aliphatic heterocycles. The van der Waals surface area contributed by atoms with E-state index in [1.165, 1.54) is 4.31 Å². The molecule has 1 atom stereocenters. The molecule has 162 valence electrons. The van der Waals surface area contributed by atoms with Crippen molar-refractivity contribution in [3.63, 3.8) is 0 Å². The van der Waals surface area contributed by atoms with Gasteiger partial charge in [-0.25, -0.2) is 8.42 Å². The van der Waals surface area contributed by atoms with Crippen LogP contribution in [0.25, 0.3) is 0 Å². The summed E-state index contributed by atoms with van der Waals surface area (Å²) < 4.78 is 38.9. The van der Waals surface area contributed by atoms with E-state index in [9.17, 15) is 13.2 Å². The van der Waals surface area contributed by atoms with Crippen LogP contribution in [0.1, 0.15) is 24.8 Å². The minimum Gasteiger partial charge on any atom is -0.493 e. The lowest BCUT2D eigenvalue weighted by atomic mass is 10.0. The average Bonchev–Trinajstić information content (AvgIpc) is 2.77. The molecule has 3 rings (SSSR count). The van der Waals surface area contributed by atoms with Gasteiger partial charge in [-0.1, -0.05) is 28.4 Å². The number of rotatable bonds is 7. The van der Waals surface area contributed by atoms with Crippen LogP contribution in [0.5, 0.6) is 11.5 Å². The molecular weight excluding hydrogens is 472 g/mol. The summed E-state index contributed by atoms with van der Waals surface area (Å²) in [6.07, 6.45) is 2.03. The molecule has 2 aromatic rings. The number of benzene rings is 2. The number of carbonyl (C=O) groups excluding carboxylic acids is 1. The van der Waals surface area contributed by atoms with Gasteiger partial charge in [0.15, 0.2) is 11.5 Å². The largest absolute Gasteiger partial charge is 0.493 e. The summed E-state index contributed by atoms with van der Waals surface area (Å²) in [4.78, 5) is 13.1. The Bertz CT molecular complexity index is 995. The molecule has 0 saturated carbocycles. The third-order valence-corrected chi connectivity index (χ3v) is 7.54. The Morgan fingerprint density at radius 2 is 1.80 bits per heavy atom. The van der Waals surface area contributed by atoms with Crippen LogP contribution < -0.4 is 14.8 Å². The molecule has 1 fully saturated rings. The molecule has 1 amide bonds. The molecule has 30 heavy (non-hydrogen) atoms. The first-order chi connectivity index (χ1) is 14.4. The first-order valence-electron chi connectivity index (χ1n) is 9.63. The highest BCUT2D eigenvalue weighted by atomic mass is 79.9. The standard InChI is InChI=1S/C21H25BrN2O5S/c1-28-19-11-6-15(13-20(19)29-2)14-23-21(25)18-5-3-4-12-24(18)30(26,27)17-9-7-16(22)8-10-17/h6-11,13,18H,3-5,12,14H2,1-2H3,(H,23,25). The van der Waals surface area contributed by atoms with E-state index in [0.717, 1.165) is 22.9 Å². The molecule has 9 heteroatoms. The topological polar surface area (TPSA) is 84.9 Å². The quantitative estimate of drug-likeness (QED) is 0.635. The van der Waals surface area contributed by atoms with Crippen molar-refractivity contribution in [1.29, 1.82) is 0 Å². The number of carbonyl (C=O) groups is 1. The Morgan fingerprint density at radius 1 is 1.10 bits per heavy atom. The molecule has 0 spiro atoms. The first-order valence-corrected chi connectivity index (χ1v) is 11.9. The van der Waals surface area contributed by atoms with Crippen LogP contribution in [0.3, 0.4) is 0 Å². The summed E-state index contributed by atoms with van der Waals surface area (Å²) in [5, 5.41) is 2.87. The van der Waals surface area contributed by atoms with Gasteiger partial charge in [0.2, 0.25) is 15.9 Å². The Labute approximate surface area is 185 Å². The molecule has 1 saturated heterocycles. The van der Waals surface area contributed by atoms with E-state index in [1.54, 1.807) is 50.6 Å². The third-order valence-electron chi connectivity index (χ3n) is 5.09. The lowest BCUT2D eigenvalue weighted by Gasteiger charge is -2.33. The van der Waals surface area contributed by atoms with Crippen LogP contribution in [-0.2, 0) is 21.4 Å². The fourth-order valence-corrected chi connectivity index (χ4v) is 5.42. The Hall–Kier alpha value is -2.10. The third kappa shape index (κ3) is 4.96. The van der Waals surface area contributed by atoms with Crippen molar-refractivity contribution in [3.8, 4) is 11.5 Å². The monoisotopic (exact) mass is 496 g/mol. The molecule has 0 aliphatic carbocycles. The number of halogens is 1. The molecule has 1 heterocycles. The zero-order valence-corrected chi connectivity index (χ0v) is 19.3. The van der Waals surface area contributed by atoms with E-state index in [4.69, 9.17) is 9.47 Å². The Kier molecular flexibility index (Phi) is 7.38. The maximum atomic E-state index is 13.1. The van der Waals surface area contributed by atoms with Crippen molar-refractivity contribution in [3.05, 3.63) is 52.5 Å². The van der Waals surface area contributed by atoms with E-state index in [2.05, 4.69) is 21.2 Å². The number of nitrogens with one attached hydrogen (secondary N) is 1. The Morgan fingerprint density at radius 3 is 2.47 bits per heavy atom. The number of nitrogens with zero attached hydrogens (tertiary/aromatic N) is 1. The lowest BCUT2D eigenvalue weighted by Crippen LogP contribution is -2.51. The number of methoxy groups -OCH3 is 2. The van der Waals surface area contributed by atoms with Gasteiger partial charge in [-0.05, 0) is 54.8 Å². The van der Waals surface area contributed by atoms with Gasteiger partial charge in [0.1, 0.15) is 6.04 Å². The van der Waals surface area contributed by atoms with Crippen LogP contribution in [0, 0.1) is 0 Å². The smallest absolute Gasteiger partial charge is 0.243 e. The molecule has 0 bridgehead atoms. The van der Waals surface area contributed by atoms with Crippen LogP contribution in [0.4, 0.5) is 0 Å². The van der Waals surface area contributed by atoms with Crippen molar-refractivity contribution >= 4 is 31.9 Å². The van der Waals surface area contributed by atoms with Gasteiger partial charge in [0, 0.05) is 17.6 Å². The van der Waals surface area contributed by atoms with Crippen LogP contribution in [0.2, 0.25) is 0 Å².